The predicted molar refractivity (Wildman–Crippen MR) is 71.0 cm³/mol. The molecule has 19 heavy (non-hydrogen) atoms. The van der Waals surface area contributed by atoms with Crippen LogP contribution in [0.1, 0.15) is 24.8 Å². The smallest absolute Gasteiger partial charge is 0.314 e. The van der Waals surface area contributed by atoms with Crippen molar-refractivity contribution in [2.75, 3.05) is 13.1 Å². The van der Waals surface area contributed by atoms with E-state index in [9.17, 15) is 9.59 Å². The molecular formula is C14H18N2O3. The Morgan fingerprint density at radius 2 is 1.84 bits per heavy atom. The molecule has 0 spiro atoms. The Bertz CT molecular complexity index is 455. The van der Waals surface area contributed by atoms with Gasteiger partial charge < -0.3 is 15.7 Å². The average molecular weight is 262 g/mol. The van der Waals surface area contributed by atoms with Crippen molar-refractivity contribution in [2.45, 2.75) is 24.7 Å². The maximum Gasteiger partial charge on any atom is 0.314 e. The second kappa shape index (κ2) is 5.73. The lowest BCUT2D eigenvalue weighted by molar-refractivity contribution is -0.136. The van der Waals surface area contributed by atoms with Crippen molar-refractivity contribution < 1.29 is 14.7 Å². The Balaban J connectivity index is 1.76. The number of urea groups is 1. The summed E-state index contributed by atoms with van der Waals surface area (Å²) in [6.45, 7) is 0.745. The zero-order valence-electron chi connectivity index (χ0n) is 10.7. The Morgan fingerprint density at radius 1 is 1.16 bits per heavy atom. The van der Waals surface area contributed by atoms with E-state index in [2.05, 4.69) is 22.8 Å². The van der Waals surface area contributed by atoms with Gasteiger partial charge in [0.25, 0.3) is 0 Å². The fraction of sp³-hybridized carbons (Fsp3) is 0.429. The first-order valence-corrected chi connectivity index (χ1v) is 6.41. The van der Waals surface area contributed by atoms with Crippen LogP contribution in [0.3, 0.4) is 0 Å². The molecule has 1 aliphatic rings. The topological polar surface area (TPSA) is 78.4 Å². The zero-order chi connectivity index (χ0) is 13.7. The van der Waals surface area contributed by atoms with Crippen LogP contribution in [0.15, 0.2) is 30.3 Å². The van der Waals surface area contributed by atoms with Crippen molar-refractivity contribution in [1.29, 1.82) is 0 Å². The number of carbonyl (C=O) groups is 2. The van der Waals surface area contributed by atoms with Crippen LogP contribution in [0.4, 0.5) is 4.79 Å². The molecule has 1 aromatic carbocycles. The highest BCUT2D eigenvalue weighted by atomic mass is 16.4. The van der Waals surface area contributed by atoms with E-state index in [1.807, 2.05) is 18.2 Å². The molecule has 0 radical (unpaired) electrons. The number of aliphatic carboxylic acids is 1. The number of hydrogen-bond acceptors (Lipinski definition) is 2. The fourth-order valence-corrected chi connectivity index (χ4v) is 2.11. The average Bonchev–Trinajstić information content (AvgIpc) is 3.18. The third-order valence-corrected chi connectivity index (χ3v) is 3.45. The van der Waals surface area contributed by atoms with Crippen LogP contribution in [-0.4, -0.2) is 30.2 Å². The molecule has 0 heterocycles. The van der Waals surface area contributed by atoms with E-state index in [1.165, 1.54) is 5.56 Å². The molecule has 3 N–H and O–H groups in total. The third kappa shape index (κ3) is 3.71. The number of nitrogens with one attached hydrogen (secondary N) is 2. The number of carbonyl (C=O) groups excluding carboxylic acids is 1. The van der Waals surface area contributed by atoms with Gasteiger partial charge in [-0.3, -0.25) is 4.79 Å². The maximum atomic E-state index is 11.5. The maximum absolute atomic E-state index is 11.5. The minimum absolute atomic E-state index is 0.0583. The molecule has 0 aromatic heterocycles. The van der Waals surface area contributed by atoms with Gasteiger partial charge in [-0.15, -0.1) is 0 Å². The summed E-state index contributed by atoms with van der Waals surface area (Å²) in [7, 11) is 0. The van der Waals surface area contributed by atoms with Gasteiger partial charge in [-0.05, 0) is 18.4 Å². The summed E-state index contributed by atoms with van der Waals surface area (Å²) >= 11 is 0. The predicted octanol–water partition coefficient (Wildman–Crippen LogP) is 1.49. The molecule has 5 nitrogen and oxygen atoms in total. The Morgan fingerprint density at radius 3 is 2.42 bits per heavy atom. The summed E-state index contributed by atoms with van der Waals surface area (Å²) in [5, 5.41) is 13.8. The summed E-state index contributed by atoms with van der Waals surface area (Å²) in [6, 6.07) is 9.84. The lowest BCUT2D eigenvalue weighted by Gasteiger charge is -2.16. The highest BCUT2D eigenvalue weighted by molar-refractivity contribution is 5.75. The summed E-state index contributed by atoms with van der Waals surface area (Å²) < 4.78 is 0. The first kappa shape index (κ1) is 13.4. The SMILES string of the molecule is O=C(O)CCNC(=O)NCC1(c2ccccc2)CC1. The lowest BCUT2D eigenvalue weighted by atomic mass is 9.96. The number of carboxylic acids is 1. The van der Waals surface area contributed by atoms with Crippen LogP contribution in [0.25, 0.3) is 0 Å². The molecular weight excluding hydrogens is 244 g/mol. The molecule has 0 bridgehead atoms. The lowest BCUT2D eigenvalue weighted by Crippen LogP contribution is -2.40. The molecule has 1 aromatic rings. The van der Waals surface area contributed by atoms with Gasteiger partial charge in [-0.2, -0.15) is 0 Å². The van der Waals surface area contributed by atoms with E-state index < -0.39 is 5.97 Å². The van der Waals surface area contributed by atoms with Gasteiger partial charge in [0.05, 0.1) is 6.42 Å². The molecule has 2 rings (SSSR count). The summed E-state index contributed by atoms with van der Waals surface area (Å²) in [5.41, 5.74) is 1.33. The molecule has 102 valence electrons. The van der Waals surface area contributed by atoms with Crippen LogP contribution in [0.2, 0.25) is 0 Å². The van der Waals surface area contributed by atoms with Gasteiger partial charge in [0.1, 0.15) is 0 Å². The largest absolute Gasteiger partial charge is 0.481 e. The zero-order valence-corrected chi connectivity index (χ0v) is 10.7. The van der Waals surface area contributed by atoms with E-state index in [0.29, 0.717) is 6.54 Å². The van der Waals surface area contributed by atoms with Gasteiger partial charge in [-0.25, -0.2) is 4.79 Å². The van der Waals surface area contributed by atoms with Crippen LogP contribution in [0.5, 0.6) is 0 Å². The summed E-state index contributed by atoms with van der Waals surface area (Å²) in [5.74, 6) is -0.914. The molecule has 1 saturated carbocycles. The van der Waals surface area contributed by atoms with Gasteiger partial charge in [0, 0.05) is 18.5 Å². The van der Waals surface area contributed by atoms with Crippen molar-refractivity contribution in [3.05, 3.63) is 35.9 Å². The Hall–Kier alpha value is -2.04. The second-order valence-corrected chi connectivity index (χ2v) is 4.90. The van der Waals surface area contributed by atoms with Crippen molar-refractivity contribution >= 4 is 12.0 Å². The van der Waals surface area contributed by atoms with Gasteiger partial charge in [-0.1, -0.05) is 30.3 Å². The van der Waals surface area contributed by atoms with Crippen molar-refractivity contribution in [1.82, 2.24) is 10.6 Å². The van der Waals surface area contributed by atoms with Crippen LogP contribution < -0.4 is 10.6 Å². The highest BCUT2D eigenvalue weighted by Crippen LogP contribution is 2.47. The van der Waals surface area contributed by atoms with E-state index in [1.54, 1.807) is 0 Å². The first-order chi connectivity index (χ1) is 9.12. The molecule has 0 atom stereocenters. The van der Waals surface area contributed by atoms with E-state index >= 15 is 0 Å². The molecule has 1 aliphatic carbocycles. The first-order valence-electron chi connectivity index (χ1n) is 6.41. The second-order valence-electron chi connectivity index (χ2n) is 4.90. The highest BCUT2D eigenvalue weighted by Gasteiger charge is 2.44. The quantitative estimate of drug-likeness (QED) is 0.726. The Labute approximate surface area is 112 Å². The normalized spacial score (nSPS) is 15.6. The van der Waals surface area contributed by atoms with Gasteiger partial charge in [0.15, 0.2) is 0 Å². The number of benzene rings is 1. The van der Waals surface area contributed by atoms with Crippen LogP contribution >= 0.6 is 0 Å². The molecule has 5 heteroatoms. The molecule has 1 fully saturated rings. The Kier molecular flexibility index (Phi) is 4.04. The van der Waals surface area contributed by atoms with Gasteiger partial charge >= 0.3 is 12.0 Å². The summed E-state index contributed by atoms with van der Waals surface area (Å²) in [6.07, 6.45) is 2.09. The fourth-order valence-electron chi connectivity index (χ4n) is 2.11. The van der Waals surface area contributed by atoms with Crippen molar-refractivity contribution in [3.63, 3.8) is 0 Å². The van der Waals surface area contributed by atoms with E-state index in [4.69, 9.17) is 5.11 Å². The molecule has 2 amide bonds. The molecule has 0 saturated heterocycles. The standard InChI is InChI=1S/C14H18N2O3/c17-12(18)6-9-15-13(19)16-10-14(7-8-14)11-4-2-1-3-5-11/h1-5H,6-10H2,(H,17,18)(H2,15,16,19). The van der Waals surface area contributed by atoms with Crippen molar-refractivity contribution in [2.24, 2.45) is 0 Å². The number of hydrogen-bond donors (Lipinski definition) is 3. The van der Waals surface area contributed by atoms with E-state index in [-0.39, 0.29) is 24.4 Å². The third-order valence-electron chi connectivity index (χ3n) is 3.45. The van der Waals surface area contributed by atoms with Crippen molar-refractivity contribution in [3.8, 4) is 0 Å². The summed E-state index contributed by atoms with van der Waals surface area (Å²) in [4.78, 5) is 21.8. The molecule has 0 aliphatic heterocycles. The van der Waals surface area contributed by atoms with E-state index in [0.717, 1.165) is 12.8 Å². The van der Waals surface area contributed by atoms with Crippen LogP contribution in [-0.2, 0) is 10.2 Å². The minimum atomic E-state index is -0.914. The van der Waals surface area contributed by atoms with Gasteiger partial charge in [0.2, 0.25) is 0 Å². The monoisotopic (exact) mass is 262 g/mol. The minimum Gasteiger partial charge on any atom is -0.481 e. The molecule has 0 unspecified atom stereocenters. The number of rotatable bonds is 6. The number of carboxylic acid groups (broad SMARTS) is 1. The number of amides is 2. The van der Waals surface area contributed by atoms with Crippen LogP contribution in [0, 0.1) is 0 Å².